The van der Waals surface area contributed by atoms with E-state index >= 15 is 0 Å². The third kappa shape index (κ3) is 3.98. The van der Waals surface area contributed by atoms with Crippen molar-refractivity contribution >= 4 is 5.78 Å². The number of carbonyl (C=O) groups is 1. The number of ether oxygens (including phenoxy) is 1. The van der Waals surface area contributed by atoms with Crippen molar-refractivity contribution < 1.29 is 19.0 Å². The number of likely N-dealkylation sites (tertiary alicyclic amines) is 1. The fourth-order valence-corrected chi connectivity index (χ4v) is 4.48. The SMILES string of the molecule is N#CC1=CCC(OC2CC3CN(CC(=O)c4ccc(O)c(F)n4)C[C@H]3C2)C=C1. The smallest absolute Gasteiger partial charge is 0.255 e. The molecule has 3 aliphatic rings. The number of hydrogen-bond donors (Lipinski definition) is 1. The maximum absolute atomic E-state index is 13.4. The highest BCUT2D eigenvalue weighted by atomic mass is 19.1. The molecule has 1 aliphatic heterocycles. The number of rotatable bonds is 5. The monoisotopic (exact) mass is 383 g/mol. The molecule has 3 unspecified atom stereocenters. The van der Waals surface area contributed by atoms with Gasteiger partial charge < -0.3 is 9.84 Å². The minimum absolute atomic E-state index is 0.0362. The molecule has 146 valence electrons. The second-order valence-electron chi connectivity index (χ2n) is 7.78. The summed E-state index contributed by atoms with van der Waals surface area (Å²) in [6, 6.07) is 4.65. The number of pyridine rings is 1. The highest BCUT2D eigenvalue weighted by Gasteiger charge is 2.42. The second kappa shape index (κ2) is 7.82. The zero-order valence-electron chi connectivity index (χ0n) is 15.4. The third-order valence-electron chi connectivity index (χ3n) is 5.82. The molecule has 7 heteroatoms. The fourth-order valence-electron chi connectivity index (χ4n) is 4.48. The molecular formula is C21H22FN3O3. The van der Waals surface area contributed by atoms with Gasteiger partial charge in [-0.1, -0.05) is 12.2 Å². The summed E-state index contributed by atoms with van der Waals surface area (Å²) < 4.78 is 19.5. The van der Waals surface area contributed by atoms with Crippen LogP contribution in [0.5, 0.6) is 5.75 Å². The number of ketones is 1. The van der Waals surface area contributed by atoms with Gasteiger partial charge in [-0.25, -0.2) is 4.98 Å². The van der Waals surface area contributed by atoms with Gasteiger partial charge in [0.25, 0.3) is 5.95 Å². The van der Waals surface area contributed by atoms with E-state index in [1.807, 2.05) is 18.2 Å². The van der Waals surface area contributed by atoms with Crippen LogP contribution in [0.1, 0.15) is 29.8 Å². The predicted octanol–water partition coefficient (Wildman–Crippen LogP) is 2.61. The Morgan fingerprint density at radius 2 is 2.11 bits per heavy atom. The van der Waals surface area contributed by atoms with Crippen LogP contribution >= 0.6 is 0 Å². The number of aromatic hydroxyl groups is 1. The molecule has 2 aliphatic carbocycles. The van der Waals surface area contributed by atoms with E-state index in [0.29, 0.717) is 17.4 Å². The first-order chi connectivity index (χ1) is 13.5. The van der Waals surface area contributed by atoms with Gasteiger partial charge in [0, 0.05) is 18.7 Å². The van der Waals surface area contributed by atoms with E-state index in [4.69, 9.17) is 10.00 Å². The summed E-state index contributed by atoms with van der Waals surface area (Å²) in [4.78, 5) is 18.0. The van der Waals surface area contributed by atoms with E-state index in [9.17, 15) is 14.3 Å². The van der Waals surface area contributed by atoms with Gasteiger partial charge in [-0.05, 0) is 49.3 Å². The van der Waals surface area contributed by atoms with Crippen LogP contribution < -0.4 is 0 Å². The molecular weight excluding hydrogens is 361 g/mol. The molecule has 1 saturated heterocycles. The largest absolute Gasteiger partial charge is 0.504 e. The van der Waals surface area contributed by atoms with Crippen LogP contribution in [0.3, 0.4) is 0 Å². The second-order valence-corrected chi connectivity index (χ2v) is 7.78. The van der Waals surface area contributed by atoms with Gasteiger partial charge in [0.1, 0.15) is 5.69 Å². The maximum atomic E-state index is 13.4. The number of hydrogen-bond acceptors (Lipinski definition) is 6. The molecule has 2 fully saturated rings. The van der Waals surface area contributed by atoms with Crippen molar-refractivity contribution in [3.05, 3.63) is 47.6 Å². The van der Waals surface area contributed by atoms with Gasteiger partial charge in [-0.2, -0.15) is 9.65 Å². The molecule has 0 aromatic carbocycles. The minimum atomic E-state index is -1.02. The minimum Gasteiger partial charge on any atom is -0.504 e. The number of fused-ring (bicyclic) bond motifs is 1. The van der Waals surface area contributed by atoms with Crippen LogP contribution in [-0.2, 0) is 4.74 Å². The molecule has 0 spiro atoms. The molecule has 4 rings (SSSR count). The van der Waals surface area contributed by atoms with E-state index in [1.54, 1.807) is 0 Å². The predicted molar refractivity (Wildman–Crippen MR) is 99.0 cm³/mol. The topological polar surface area (TPSA) is 86.5 Å². The number of nitriles is 1. The number of aromatic nitrogens is 1. The molecule has 1 saturated carbocycles. The Hall–Kier alpha value is -2.56. The Morgan fingerprint density at radius 1 is 1.36 bits per heavy atom. The molecule has 1 N–H and O–H groups in total. The molecule has 0 bridgehead atoms. The molecule has 1 aromatic rings. The fraction of sp³-hybridized carbons (Fsp3) is 0.476. The van der Waals surface area contributed by atoms with E-state index in [1.165, 1.54) is 6.07 Å². The average Bonchev–Trinajstić information content (AvgIpc) is 3.22. The zero-order chi connectivity index (χ0) is 19.7. The Labute approximate surface area is 162 Å². The van der Waals surface area contributed by atoms with Crippen molar-refractivity contribution in [2.45, 2.75) is 31.5 Å². The Morgan fingerprint density at radius 3 is 2.71 bits per heavy atom. The van der Waals surface area contributed by atoms with Gasteiger partial charge in [0.15, 0.2) is 11.5 Å². The lowest BCUT2D eigenvalue weighted by atomic mass is 10.0. The maximum Gasteiger partial charge on any atom is 0.255 e. The lowest BCUT2D eigenvalue weighted by Gasteiger charge is -2.22. The van der Waals surface area contributed by atoms with Crippen LogP contribution in [0.2, 0.25) is 0 Å². The molecule has 0 amide bonds. The molecule has 4 atom stereocenters. The summed E-state index contributed by atoms with van der Waals surface area (Å²) in [7, 11) is 0. The summed E-state index contributed by atoms with van der Waals surface area (Å²) in [5.74, 6) is -0.803. The number of halogens is 1. The normalized spacial score (nSPS) is 29.4. The number of carbonyl (C=O) groups excluding carboxylic acids is 1. The van der Waals surface area contributed by atoms with Crippen LogP contribution in [0, 0.1) is 29.1 Å². The first-order valence-corrected chi connectivity index (χ1v) is 9.57. The Balaban J connectivity index is 1.26. The third-order valence-corrected chi connectivity index (χ3v) is 5.82. The van der Waals surface area contributed by atoms with Crippen LogP contribution in [0.25, 0.3) is 0 Å². The lowest BCUT2D eigenvalue weighted by Crippen LogP contribution is -2.30. The number of allylic oxidation sites excluding steroid dienone is 2. The van der Waals surface area contributed by atoms with Crippen molar-refractivity contribution in [2.75, 3.05) is 19.6 Å². The van der Waals surface area contributed by atoms with Crippen molar-refractivity contribution in [1.29, 1.82) is 5.26 Å². The average molecular weight is 383 g/mol. The highest BCUT2D eigenvalue weighted by Crippen LogP contribution is 2.40. The molecule has 2 heterocycles. The quantitative estimate of drug-likeness (QED) is 0.621. The van der Waals surface area contributed by atoms with Crippen molar-refractivity contribution in [2.24, 2.45) is 11.8 Å². The standard InChI is InChI=1S/C21H22FN3O3/c22-21-19(26)6-5-18(24-21)20(27)12-25-10-14-7-17(8-15(14)11-25)28-16-3-1-13(9-23)2-4-16/h1-3,5-6,14-17,26H,4,7-8,10-12H2/t14-,15?,16?,17?/m1/s1. The summed E-state index contributed by atoms with van der Waals surface area (Å²) in [5.41, 5.74) is 0.730. The summed E-state index contributed by atoms with van der Waals surface area (Å²) >= 11 is 0. The summed E-state index contributed by atoms with van der Waals surface area (Å²) in [6.45, 7) is 1.87. The first-order valence-electron chi connectivity index (χ1n) is 9.57. The van der Waals surface area contributed by atoms with Crippen LogP contribution in [-0.4, -0.2) is 52.6 Å². The first kappa shape index (κ1) is 18.8. The molecule has 0 radical (unpaired) electrons. The Kier molecular flexibility index (Phi) is 5.25. The Bertz CT molecular complexity index is 862. The van der Waals surface area contributed by atoms with Gasteiger partial charge in [-0.15, -0.1) is 0 Å². The number of nitrogens with zero attached hydrogens (tertiary/aromatic N) is 3. The zero-order valence-corrected chi connectivity index (χ0v) is 15.4. The summed E-state index contributed by atoms with van der Waals surface area (Å²) in [5, 5.41) is 18.1. The molecule has 6 nitrogen and oxygen atoms in total. The molecule has 28 heavy (non-hydrogen) atoms. The van der Waals surface area contributed by atoms with Gasteiger partial charge >= 0.3 is 0 Å². The van der Waals surface area contributed by atoms with E-state index in [2.05, 4.69) is 16.0 Å². The van der Waals surface area contributed by atoms with Gasteiger partial charge in [0.05, 0.1) is 24.8 Å². The summed E-state index contributed by atoms with van der Waals surface area (Å²) in [6.07, 6.45) is 8.62. The van der Waals surface area contributed by atoms with Gasteiger partial charge in [-0.3, -0.25) is 9.69 Å². The van der Waals surface area contributed by atoms with E-state index in [0.717, 1.165) is 38.4 Å². The van der Waals surface area contributed by atoms with E-state index < -0.39 is 11.7 Å². The number of Topliss-reactive ketones (excluding diaryl/α,β-unsaturated/α-hetero) is 1. The van der Waals surface area contributed by atoms with Crippen LogP contribution in [0.4, 0.5) is 4.39 Å². The van der Waals surface area contributed by atoms with Gasteiger partial charge in [0.2, 0.25) is 0 Å². The van der Waals surface area contributed by atoms with Crippen molar-refractivity contribution in [3.8, 4) is 11.8 Å². The van der Waals surface area contributed by atoms with E-state index in [-0.39, 0.29) is 30.2 Å². The highest BCUT2D eigenvalue weighted by molar-refractivity contribution is 5.95. The van der Waals surface area contributed by atoms with Crippen molar-refractivity contribution in [3.63, 3.8) is 0 Å². The lowest BCUT2D eigenvalue weighted by molar-refractivity contribution is 0.0123. The van der Waals surface area contributed by atoms with Crippen LogP contribution in [0.15, 0.2) is 35.9 Å². The van der Waals surface area contributed by atoms with Crippen molar-refractivity contribution in [1.82, 2.24) is 9.88 Å². The molecule has 1 aromatic heterocycles.